The number of nitrogens with zero attached hydrogens (tertiary/aromatic N) is 2. The van der Waals surface area contributed by atoms with Crippen molar-refractivity contribution in [1.82, 2.24) is 9.55 Å². The van der Waals surface area contributed by atoms with Crippen LogP contribution < -0.4 is 0 Å². The molecule has 110 valence electrons. The lowest BCUT2D eigenvalue weighted by Crippen LogP contribution is -2.04. The third-order valence-electron chi connectivity index (χ3n) is 3.75. The molecule has 4 heteroatoms. The van der Waals surface area contributed by atoms with Crippen LogP contribution in [0.3, 0.4) is 0 Å². The molecule has 0 spiro atoms. The number of aromatic nitrogens is 2. The Morgan fingerprint density at radius 1 is 1.24 bits per heavy atom. The Bertz CT molecular complexity index is 770. The molecule has 0 amide bonds. The van der Waals surface area contributed by atoms with Crippen LogP contribution in [0.25, 0.3) is 11.0 Å². The van der Waals surface area contributed by atoms with Gasteiger partial charge in [0.2, 0.25) is 0 Å². The van der Waals surface area contributed by atoms with Crippen LogP contribution in [0.2, 0.25) is 0 Å². The number of rotatable bonds is 4. The van der Waals surface area contributed by atoms with Crippen LogP contribution in [0.4, 0.5) is 0 Å². The fourth-order valence-corrected chi connectivity index (χ4v) is 3.74. The summed E-state index contributed by atoms with van der Waals surface area (Å²) >= 11 is 8.22. The van der Waals surface area contributed by atoms with E-state index in [1.807, 2.05) is 18.3 Å². The van der Waals surface area contributed by atoms with Gasteiger partial charge in [0, 0.05) is 9.75 Å². The molecule has 0 aliphatic heterocycles. The van der Waals surface area contributed by atoms with Gasteiger partial charge in [-0.15, -0.1) is 22.9 Å². The lowest BCUT2D eigenvalue weighted by Gasteiger charge is -2.09. The van der Waals surface area contributed by atoms with Crippen LogP contribution in [0, 0.1) is 6.92 Å². The molecular weight excluding hydrogens is 300 g/mol. The van der Waals surface area contributed by atoms with Crippen LogP contribution in [0.1, 0.15) is 40.4 Å². The molecule has 0 bridgehead atoms. The first-order valence-electron chi connectivity index (χ1n) is 7.27. The van der Waals surface area contributed by atoms with Crippen molar-refractivity contribution in [3.05, 3.63) is 51.5 Å². The van der Waals surface area contributed by atoms with Crippen molar-refractivity contribution < 1.29 is 0 Å². The average Bonchev–Trinajstić information content (AvgIpc) is 3.05. The summed E-state index contributed by atoms with van der Waals surface area (Å²) in [5.41, 5.74) is 3.43. The third-order valence-corrected chi connectivity index (χ3v) is 5.16. The molecule has 1 aromatic carbocycles. The zero-order valence-corrected chi connectivity index (χ0v) is 14.1. The fraction of sp³-hybridized carbons (Fsp3) is 0.353. The minimum Gasteiger partial charge on any atom is -0.321 e. The summed E-state index contributed by atoms with van der Waals surface area (Å²) in [7, 11) is 0. The molecule has 3 rings (SSSR count). The van der Waals surface area contributed by atoms with E-state index in [4.69, 9.17) is 16.6 Å². The van der Waals surface area contributed by atoms with Gasteiger partial charge in [0.05, 0.1) is 23.0 Å². The van der Waals surface area contributed by atoms with Crippen LogP contribution >= 0.6 is 22.9 Å². The minimum atomic E-state index is -0.0950. The third kappa shape index (κ3) is 2.72. The van der Waals surface area contributed by atoms with Crippen molar-refractivity contribution in [3.8, 4) is 0 Å². The van der Waals surface area contributed by atoms with E-state index in [0.29, 0.717) is 0 Å². The summed E-state index contributed by atoms with van der Waals surface area (Å²) in [5.74, 6) is 0.951. The Morgan fingerprint density at radius 2 is 2.00 bits per heavy atom. The molecule has 2 nitrogen and oxygen atoms in total. The number of alkyl halides is 1. The highest BCUT2D eigenvalue weighted by molar-refractivity contribution is 7.11. The molecule has 21 heavy (non-hydrogen) atoms. The Kier molecular flexibility index (Phi) is 4.05. The maximum atomic E-state index is 6.35. The summed E-state index contributed by atoms with van der Waals surface area (Å²) in [5, 5.41) is -0.0950. The van der Waals surface area contributed by atoms with Crippen molar-refractivity contribution in [1.29, 1.82) is 0 Å². The zero-order valence-electron chi connectivity index (χ0n) is 12.6. The van der Waals surface area contributed by atoms with Gasteiger partial charge in [-0.05, 0) is 44.0 Å². The largest absolute Gasteiger partial charge is 0.321 e. The smallest absolute Gasteiger partial charge is 0.128 e. The van der Waals surface area contributed by atoms with Gasteiger partial charge in [-0.2, -0.15) is 0 Å². The number of para-hydroxylation sites is 1. The van der Waals surface area contributed by atoms with E-state index < -0.39 is 0 Å². The number of fused-ring (bicyclic) bond motifs is 1. The van der Waals surface area contributed by atoms with Gasteiger partial charge in [-0.3, -0.25) is 0 Å². The second-order valence-electron chi connectivity index (χ2n) is 5.34. The van der Waals surface area contributed by atoms with Gasteiger partial charge in [-0.1, -0.05) is 19.1 Å². The van der Waals surface area contributed by atoms with Crippen molar-refractivity contribution in [2.75, 3.05) is 0 Å². The van der Waals surface area contributed by atoms with Crippen molar-refractivity contribution >= 4 is 34.0 Å². The van der Waals surface area contributed by atoms with E-state index in [-0.39, 0.29) is 5.38 Å². The highest BCUT2D eigenvalue weighted by Gasteiger charge is 2.16. The van der Waals surface area contributed by atoms with Gasteiger partial charge < -0.3 is 4.57 Å². The first kappa shape index (κ1) is 14.6. The van der Waals surface area contributed by atoms with E-state index in [0.717, 1.165) is 24.3 Å². The highest BCUT2D eigenvalue weighted by atomic mass is 35.5. The van der Waals surface area contributed by atoms with Crippen molar-refractivity contribution in [2.45, 2.75) is 39.1 Å². The summed E-state index contributed by atoms with van der Waals surface area (Å²) in [4.78, 5) is 7.55. The fourth-order valence-electron chi connectivity index (χ4n) is 2.63. The van der Waals surface area contributed by atoms with Gasteiger partial charge in [0.1, 0.15) is 5.82 Å². The second kappa shape index (κ2) is 5.82. The molecule has 1 atom stereocenters. The number of imidazole rings is 1. The average molecular weight is 319 g/mol. The SMILES string of the molecule is CCc1ccc(Cn2c(C(C)Cl)nc3c(C)cccc32)s1. The molecular formula is C17H19ClN2S. The number of thiophene rings is 1. The maximum absolute atomic E-state index is 6.35. The molecule has 1 unspecified atom stereocenters. The molecule has 0 saturated heterocycles. The van der Waals surface area contributed by atoms with Crippen LogP contribution in [-0.2, 0) is 13.0 Å². The van der Waals surface area contributed by atoms with Gasteiger partial charge >= 0.3 is 0 Å². The first-order valence-corrected chi connectivity index (χ1v) is 8.52. The molecule has 0 fully saturated rings. The monoisotopic (exact) mass is 318 g/mol. The second-order valence-corrected chi connectivity index (χ2v) is 7.24. The summed E-state index contributed by atoms with van der Waals surface area (Å²) in [6.45, 7) is 7.12. The number of benzene rings is 1. The maximum Gasteiger partial charge on any atom is 0.128 e. The van der Waals surface area contributed by atoms with Crippen LogP contribution in [0.15, 0.2) is 30.3 Å². The molecule has 0 aliphatic rings. The molecule has 3 aromatic rings. The van der Waals surface area contributed by atoms with Gasteiger partial charge in [0.25, 0.3) is 0 Å². The Labute approximate surface area is 134 Å². The number of hydrogen-bond donors (Lipinski definition) is 0. The van der Waals surface area contributed by atoms with E-state index >= 15 is 0 Å². The van der Waals surface area contributed by atoms with Crippen LogP contribution in [0.5, 0.6) is 0 Å². The highest BCUT2D eigenvalue weighted by Crippen LogP contribution is 2.28. The van der Waals surface area contributed by atoms with Gasteiger partial charge in [0.15, 0.2) is 0 Å². The van der Waals surface area contributed by atoms with E-state index in [1.54, 1.807) is 0 Å². The van der Waals surface area contributed by atoms with E-state index in [2.05, 4.69) is 48.7 Å². The topological polar surface area (TPSA) is 17.8 Å². The Balaban J connectivity index is 2.11. The van der Waals surface area contributed by atoms with Crippen molar-refractivity contribution in [2.24, 2.45) is 0 Å². The Morgan fingerprint density at radius 3 is 2.67 bits per heavy atom. The first-order chi connectivity index (χ1) is 10.1. The predicted octanol–water partition coefficient (Wildman–Crippen LogP) is 5.32. The summed E-state index contributed by atoms with van der Waals surface area (Å²) in [6, 6.07) is 10.8. The molecule has 0 radical (unpaired) electrons. The lowest BCUT2D eigenvalue weighted by molar-refractivity contribution is 0.750. The number of halogens is 1. The Hall–Kier alpha value is -1.32. The summed E-state index contributed by atoms with van der Waals surface area (Å²) in [6.07, 6.45) is 1.09. The quantitative estimate of drug-likeness (QED) is 0.595. The standard InChI is InChI=1S/C17H19ClN2S/c1-4-13-8-9-14(21-13)10-20-15-7-5-6-11(2)16(15)19-17(20)12(3)18/h5-9,12H,4,10H2,1-3H3. The number of hydrogen-bond acceptors (Lipinski definition) is 2. The van der Waals surface area contributed by atoms with E-state index in [9.17, 15) is 0 Å². The van der Waals surface area contributed by atoms with Crippen molar-refractivity contribution in [3.63, 3.8) is 0 Å². The summed E-state index contributed by atoms with van der Waals surface area (Å²) < 4.78 is 2.26. The molecule has 2 aromatic heterocycles. The van der Waals surface area contributed by atoms with E-state index in [1.165, 1.54) is 20.8 Å². The normalized spacial score (nSPS) is 13.0. The number of aryl methyl sites for hydroxylation is 2. The molecule has 0 aliphatic carbocycles. The minimum absolute atomic E-state index is 0.0950. The molecule has 0 N–H and O–H groups in total. The van der Waals surface area contributed by atoms with Crippen LogP contribution in [-0.4, -0.2) is 9.55 Å². The predicted molar refractivity (Wildman–Crippen MR) is 91.5 cm³/mol. The zero-order chi connectivity index (χ0) is 15.0. The molecule has 2 heterocycles. The van der Waals surface area contributed by atoms with Gasteiger partial charge in [-0.25, -0.2) is 4.98 Å². The lowest BCUT2D eigenvalue weighted by atomic mass is 10.2. The molecule has 0 saturated carbocycles.